The summed E-state index contributed by atoms with van der Waals surface area (Å²) in [7, 11) is 0.946. The maximum atomic E-state index is 12.3. The Balaban J connectivity index is 1.76. The van der Waals surface area contributed by atoms with Gasteiger partial charge in [-0.05, 0) is 56.4 Å². The Bertz CT molecular complexity index is 960. The molecule has 7 nitrogen and oxygen atoms in total. The molecule has 0 bridgehead atoms. The normalized spacial score (nSPS) is 17.2. The van der Waals surface area contributed by atoms with Crippen LogP contribution in [0.5, 0.6) is 5.75 Å². The van der Waals surface area contributed by atoms with Crippen molar-refractivity contribution in [1.82, 2.24) is 5.32 Å². The van der Waals surface area contributed by atoms with Gasteiger partial charge in [0, 0.05) is 18.3 Å². The SMILES string of the molecule is COc1ccc(C=C(CNC(=O)OCc2ccccc2)B2OC(C)(C)C(C)(C)O2)c(N)c1. The lowest BCUT2D eigenvalue weighted by Gasteiger charge is -2.32. The quantitative estimate of drug-likeness (QED) is 0.497. The van der Waals surface area contributed by atoms with E-state index in [2.05, 4.69) is 5.32 Å². The number of carbonyl (C=O) groups excluding carboxylic acids is 1. The first kappa shape index (κ1) is 23.7. The van der Waals surface area contributed by atoms with Crippen molar-refractivity contribution in [2.45, 2.75) is 45.5 Å². The molecule has 0 spiro atoms. The number of nitrogen functional groups attached to an aromatic ring is 1. The van der Waals surface area contributed by atoms with Crippen LogP contribution >= 0.6 is 0 Å². The van der Waals surface area contributed by atoms with E-state index in [1.165, 1.54) is 0 Å². The second-order valence-corrected chi connectivity index (χ2v) is 8.72. The molecule has 1 heterocycles. The Labute approximate surface area is 190 Å². The smallest absolute Gasteiger partial charge is 0.492 e. The van der Waals surface area contributed by atoms with Gasteiger partial charge in [0.25, 0.3) is 0 Å². The number of amides is 1. The van der Waals surface area contributed by atoms with Crippen molar-refractivity contribution in [2.75, 3.05) is 19.4 Å². The van der Waals surface area contributed by atoms with Crippen molar-refractivity contribution in [3.8, 4) is 5.75 Å². The number of anilines is 1. The number of benzene rings is 2. The number of nitrogens with two attached hydrogens (primary N) is 1. The van der Waals surface area contributed by atoms with Crippen molar-refractivity contribution in [1.29, 1.82) is 0 Å². The summed E-state index contributed by atoms with van der Waals surface area (Å²) >= 11 is 0. The highest BCUT2D eigenvalue weighted by molar-refractivity contribution is 6.56. The largest absolute Gasteiger partial charge is 0.497 e. The summed E-state index contributed by atoms with van der Waals surface area (Å²) in [6.07, 6.45) is 1.34. The molecule has 2 aromatic carbocycles. The Morgan fingerprint density at radius 1 is 1.09 bits per heavy atom. The van der Waals surface area contributed by atoms with Crippen LogP contribution in [0.1, 0.15) is 38.8 Å². The third-order valence-electron chi connectivity index (χ3n) is 5.84. The van der Waals surface area contributed by atoms with Crippen LogP contribution in [-0.4, -0.2) is 38.1 Å². The first-order valence-corrected chi connectivity index (χ1v) is 10.6. The fourth-order valence-electron chi connectivity index (χ4n) is 3.16. The minimum absolute atomic E-state index is 0.177. The molecule has 0 unspecified atom stereocenters. The second-order valence-electron chi connectivity index (χ2n) is 8.72. The fraction of sp³-hybridized carbons (Fsp3) is 0.375. The van der Waals surface area contributed by atoms with Crippen LogP contribution in [-0.2, 0) is 20.7 Å². The molecule has 0 aromatic heterocycles. The standard InChI is InChI=1S/C24H31BN2O5/c1-23(2)24(3,4)32-25(31-23)19(13-18-11-12-20(29-5)14-21(18)26)15-27-22(28)30-16-17-9-7-6-8-10-17/h6-14H,15-16,26H2,1-5H3,(H,27,28). The van der Waals surface area contributed by atoms with Crippen LogP contribution in [0.15, 0.2) is 54.0 Å². The molecule has 1 amide bonds. The molecule has 1 aliphatic heterocycles. The molecule has 3 rings (SSSR count). The van der Waals surface area contributed by atoms with Gasteiger partial charge in [-0.25, -0.2) is 4.79 Å². The minimum Gasteiger partial charge on any atom is -0.497 e. The first-order chi connectivity index (χ1) is 15.1. The summed E-state index contributed by atoms with van der Waals surface area (Å²) in [6, 6.07) is 14.9. The molecule has 32 heavy (non-hydrogen) atoms. The topological polar surface area (TPSA) is 92.0 Å². The van der Waals surface area contributed by atoms with Gasteiger partial charge in [0.1, 0.15) is 12.4 Å². The monoisotopic (exact) mass is 438 g/mol. The molecule has 1 saturated heterocycles. The van der Waals surface area contributed by atoms with Gasteiger partial charge in [-0.1, -0.05) is 36.4 Å². The molecule has 1 aliphatic rings. The maximum Gasteiger partial charge on any atom is 0.492 e. The molecule has 2 aromatic rings. The third-order valence-corrected chi connectivity index (χ3v) is 5.84. The number of carbonyl (C=O) groups is 1. The van der Waals surface area contributed by atoms with Crippen molar-refractivity contribution in [2.24, 2.45) is 0 Å². The summed E-state index contributed by atoms with van der Waals surface area (Å²) in [5.41, 5.74) is 8.12. The van der Waals surface area contributed by atoms with E-state index >= 15 is 0 Å². The van der Waals surface area contributed by atoms with Gasteiger partial charge in [-0.2, -0.15) is 0 Å². The van der Waals surface area contributed by atoms with Gasteiger partial charge in [0.05, 0.1) is 18.3 Å². The Kier molecular flexibility index (Phi) is 7.16. The summed E-state index contributed by atoms with van der Waals surface area (Å²) in [5, 5.41) is 2.79. The highest BCUT2D eigenvalue weighted by atomic mass is 16.7. The average molecular weight is 438 g/mol. The summed E-state index contributed by atoms with van der Waals surface area (Å²) in [4.78, 5) is 12.3. The predicted molar refractivity (Wildman–Crippen MR) is 126 cm³/mol. The van der Waals surface area contributed by atoms with E-state index in [-0.39, 0.29) is 13.2 Å². The molecular weight excluding hydrogens is 407 g/mol. The Hall–Kier alpha value is -2.97. The Morgan fingerprint density at radius 2 is 1.75 bits per heavy atom. The lowest BCUT2D eigenvalue weighted by atomic mass is 9.77. The van der Waals surface area contributed by atoms with Crippen LogP contribution in [0.25, 0.3) is 6.08 Å². The van der Waals surface area contributed by atoms with Gasteiger partial charge >= 0.3 is 13.2 Å². The summed E-state index contributed by atoms with van der Waals surface area (Å²) in [6.45, 7) is 8.28. The fourth-order valence-corrected chi connectivity index (χ4v) is 3.16. The number of rotatable bonds is 7. The molecular formula is C24H31BN2O5. The summed E-state index contributed by atoms with van der Waals surface area (Å²) < 4.78 is 22.9. The van der Waals surface area contributed by atoms with Gasteiger partial charge < -0.3 is 29.8 Å². The van der Waals surface area contributed by atoms with Crippen LogP contribution in [0.2, 0.25) is 0 Å². The zero-order valence-corrected chi connectivity index (χ0v) is 19.3. The molecule has 3 N–H and O–H groups in total. The lowest BCUT2D eigenvalue weighted by molar-refractivity contribution is 0.00578. The van der Waals surface area contributed by atoms with Crippen molar-refractivity contribution in [3.63, 3.8) is 0 Å². The first-order valence-electron chi connectivity index (χ1n) is 10.6. The molecule has 0 saturated carbocycles. The van der Waals surface area contributed by atoms with Crippen LogP contribution < -0.4 is 15.8 Å². The van der Waals surface area contributed by atoms with E-state index in [1.54, 1.807) is 13.2 Å². The maximum absolute atomic E-state index is 12.3. The average Bonchev–Trinajstić information content (AvgIpc) is 2.98. The molecule has 8 heteroatoms. The van der Waals surface area contributed by atoms with E-state index in [9.17, 15) is 4.79 Å². The zero-order chi connectivity index (χ0) is 23.4. The molecule has 0 aliphatic carbocycles. The number of nitrogens with one attached hydrogen (secondary N) is 1. The van der Waals surface area contributed by atoms with E-state index in [4.69, 9.17) is 24.5 Å². The second kappa shape index (κ2) is 9.67. The molecule has 0 radical (unpaired) electrons. The number of alkyl carbamates (subject to hydrolysis) is 1. The van der Waals surface area contributed by atoms with Crippen LogP contribution in [0.4, 0.5) is 10.5 Å². The van der Waals surface area contributed by atoms with Crippen LogP contribution in [0.3, 0.4) is 0 Å². The number of hydrogen-bond acceptors (Lipinski definition) is 6. The van der Waals surface area contributed by atoms with Gasteiger partial charge in [0.15, 0.2) is 0 Å². The minimum atomic E-state index is -0.643. The van der Waals surface area contributed by atoms with Gasteiger partial charge in [0.2, 0.25) is 0 Å². The van der Waals surface area contributed by atoms with E-state index in [1.807, 2.05) is 76.2 Å². The van der Waals surface area contributed by atoms with Gasteiger partial charge in [-0.3, -0.25) is 0 Å². The van der Waals surface area contributed by atoms with E-state index in [0.29, 0.717) is 11.4 Å². The lowest BCUT2D eigenvalue weighted by Crippen LogP contribution is -2.41. The highest BCUT2D eigenvalue weighted by Crippen LogP contribution is 2.39. The number of methoxy groups -OCH3 is 1. The van der Waals surface area contributed by atoms with E-state index in [0.717, 1.165) is 16.6 Å². The summed E-state index contributed by atoms with van der Waals surface area (Å²) in [5.74, 6) is 0.666. The highest BCUT2D eigenvalue weighted by Gasteiger charge is 2.52. The van der Waals surface area contributed by atoms with Crippen molar-refractivity contribution < 1.29 is 23.6 Å². The van der Waals surface area contributed by atoms with Crippen molar-refractivity contribution in [3.05, 3.63) is 65.1 Å². The zero-order valence-electron chi connectivity index (χ0n) is 19.3. The molecule has 1 fully saturated rings. The van der Waals surface area contributed by atoms with Gasteiger partial charge in [-0.15, -0.1) is 0 Å². The van der Waals surface area contributed by atoms with E-state index < -0.39 is 24.4 Å². The molecule has 0 atom stereocenters. The van der Waals surface area contributed by atoms with Crippen LogP contribution in [0, 0.1) is 0 Å². The Morgan fingerprint density at radius 3 is 2.34 bits per heavy atom. The predicted octanol–water partition coefficient (Wildman–Crippen LogP) is 4.22. The number of ether oxygens (including phenoxy) is 2. The molecule has 170 valence electrons. The number of hydrogen-bond donors (Lipinski definition) is 2. The van der Waals surface area contributed by atoms with Crippen molar-refractivity contribution >= 4 is 25.0 Å². The third kappa shape index (κ3) is 5.63.